The van der Waals surface area contributed by atoms with Crippen molar-refractivity contribution in [1.82, 2.24) is 0 Å². The van der Waals surface area contributed by atoms with Crippen molar-refractivity contribution in [2.45, 2.75) is 12.3 Å². The quantitative estimate of drug-likeness (QED) is 0.354. The van der Waals surface area contributed by atoms with Gasteiger partial charge in [0.2, 0.25) is 0 Å². The van der Waals surface area contributed by atoms with Crippen LogP contribution in [0.3, 0.4) is 0 Å². The largest absolute Gasteiger partial charge is 0.139 e. The van der Waals surface area contributed by atoms with Crippen LogP contribution >= 0.6 is 0 Å². The number of fused-ring (bicyclic) bond motifs is 1. The fourth-order valence-electron chi connectivity index (χ4n) is 6.50. The molecule has 0 atom stereocenters. The van der Waals surface area contributed by atoms with E-state index in [-0.39, 0.29) is 0 Å². The van der Waals surface area contributed by atoms with Gasteiger partial charge in [0.15, 0.2) is 0 Å². The first-order chi connectivity index (χ1) is 17.9. The molecule has 0 aromatic heterocycles. The Morgan fingerprint density at radius 1 is 0.676 bits per heavy atom. The Bertz CT molecular complexity index is 1510. The third-order valence-electron chi connectivity index (χ3n) is 8.68. The molecular formula is C32H31B5. The topological polar surface area (TPSA) is 0 Å². The van der Waals surface area contributed by atoms with Crippen molar-refractivity contribution in [2.75, 3.05) is 0 Å². The molecule has 0 amide bonds. The normalized spacial score (nSPS) is 16.1. The molecule has 0 bridgehead atoms. The Morgan fingerprint density at radius 3 is 1.68 bits per heavy atom. The summed E-state index contributed by atoms with van der Waals surface area (Å²) in [6, 6.07) is 29.1. The molecule has 5 heteroatoms. The van der Waals surface area contributed by atoms with Gasteiger partial charge in [-0.15, -0.1) is 16.4 Å². The monoisotopic (exact) mass is 470 g/mol. The Labute approximate surface area is 226 Å². The Morgan fingerprint density at radius 2 is 1.19 bits per heavy atom. The van der Waals surface area contributed by atoms with Crippen LogP contribution in [0.15, 0.2) is 109 Å². The zero-order valence-electron chi connectivity index (χ0n) is 22.9. The van der Waals surface area contributed by atoms with Gasteiger partial charge in [-0.2, -0.15) is 0 Å². The number of rotatable bonds is 4. The van der Waals surface area contributed by atoms with Crippen LogP contribution in [0.1, 0.15) is 29.2 Å². The van der Waals surface area contributed by atoms with E-state index in [1.165, 1.54) is 71.8 Å². The summed E-state index contributed by atoms with van der Waals surface area (Å²) in [5, 5.41) is 0. The number of hydrogen-bond donors (Lipinski definition) is 0. The summed E-state index contributed by atoms with van der Waals surface area (Å²) in [4.78, 5) is 0. The van der Waals surface area contributed by atoms with E-state index >= 15 is 0 Å². The van der Waals surface area contributed by atoms with E-state index in [0.29, 0.717) is 0 Å². The number of hydrogen-bond acceptors (Lipinski definition) is 0. The van der Waals surface area contributed by atoms with Gasteiger partial charge in [-0.25, -0.2) is 0 Å². The minimum Gasteiger partial charge on any atom is -0.102 e. The molecule has 0 heterocycles. The van der Waals surface area contributed by atoms with Crippen LogP contribution in [0.2, 0.25) is 0 Å². The molecule has 0 fully saturated rings. The van der Waals surface area contributed by atoms with Crippen molar-refractivity contribution in [3.8, 4) is 11.1 Å². The van der Waals surface area contributed by atoms with Gasteiger partial charge < -0.3 is 0 Å². The summed E-state index contributed by atoms with van der Waals surface area (Å²) in [5.41, 5.74) is 16.9. The first-order valence-electron chi connectivity index (χ1n) is 13.2. The second-order valence-corrected chi connectivity index (χ2v) is 10.3. The average molecular weight is 470 g/mol. The summed E-state index contributed by atoms with van der Waals surface area (Å²) in [6.07, 6.45) is 6.40. The zero-order chi connectivity index (χ0) is 26.3. The molecule has 0 nitrogen and oxygen atoms in total. The minimum atomic E-state index is -0.409. The van der Waals surface area contributed by atoms with Gasteiger partial charge in [0, 0.05) is 0 Å². The highest BCUT2D eigenvalue weighted by Gasteiger charge is 2.47. The molecule has 4 aromatic carbocycles. The molecule has 37 heavy (non-hydrogen) atoms. The molecule has 1 aliphatic rings. The smallest absolute Gasteiger partial charge is 0.102 e. The van der Waals surface area contributed by atoms with Gasteiger partial charge in [0.25, 0.3) is 0 Å². The lowest BCUT2D eigenvalue weighted by Gasteiger charge is -2.34. The van der Waals surface area contributed by atoms with Crippen molar-refractivity contribution in [1.29, 1.82) is 0 Å². The molecule has 0 saturated carbocycles. The maximum atomic E-state index is 4.07. The Hall–Kier alpha value is -3.58. The first-order valence-corrected chi connectivity index (χ1v) is 13.2. The maximum Gasteiger partial charge on any atom is 0.139 e. The van der Waals surface area contributed by atoms with Crippen LogP contribution in [-0.2, 0) is 5.41 Å². The molecule has 4 aromatic rings. The van der Waals surface area contributed by atoms with Crippen molar-refractivity contribution < 1.29 is 0 Å². The van der Waals surface area contributed by atoms with E-state index in [0.717, 1.165) is 0 Å². The fraction of sp³-hybridized carbons (Fsp3) is 0.0625. The van der Waals surface area contributed by atoms with E-state index in [1.54, 1.807) is 0 Å². The summed E-state index contributed by atoms with van der Waals surface area (Å²) in [6.45, 7) is 6.24. The van der Waals surface area contributed by atoms with Crippen LogP contribution in [0.25, 0.3) is 16.7 Å². The number of allylic oxidation sites excluding steroid dienone is 5. The number of benzene rings is 4. The summed E-state index contributed by atoms with van der Waals surface area (Å²) >= 11 is 0. The van der Waals surface area contributed by atoms with E-state index in [9.17, 15) is 0 Å². The molecule has 174 valence electrons. The van der Waals surface area contributed by atoms with Crippen molar-refractivity contribution in [3.63, 3.8) is 0 Å². The Balaban J connectivity index is 1.94. The van der Waals surface area contributed by atoms with Gasteiger partial charge in [0.05, 0.1) is 5.41 Å². The molecule has 0 radical (unpaired) electrons. The SMILES string of the molecule is Bc1c(B)c(B)c(-c2ccc3c(c2)C(c2ccccc2)(c2ccccc2)C(=C/C)/C3=C\C=C)c(B)c1B. The standard InChI is InChI=1S/C32H31B5/c1-3-11-22-23-17-16-19(26-27(33)29(35)31(37)30(36)28(26)34)18-25(23)32(24(22)4-2,20-12-7-5-8-13-20)21-14-9-6-10-15-21/h3-18H,1,33-37H2,2H3/b22-11-,24-4+. The van der Waals surface area contributed by atoms with Gasteiger partial charge in [-0.1, -0.05) is 109 Å². The van der Waals surface area contributed by atoms with Crippen LogP contribution < -0.4 is 27.3 Å². The average Bonchev–Trinajstić information content (AvgIpc) is 3.21. The summed E-state index contributed by atoms with van der Waals surface area (Å²) < 4.78 is 0. The third-order valence-corrected chi connectivity index (χ3v) is 8.68. The summed E-state index contributed by atoms with van der Waals surface area (Å²) in [5.74, 6) is 0. The second-order valence-electron chi connectivity index (χ2n) is 10.3. The van der Waals surface area contributed by atoms with Crippen molar-refractivity contribution in [2.24, 2.45) is 0 Å². The lowest BCUT2D eigenvalue weighted by molar-refractivity contribution is 0.768. The van der Waals surface area contributed by atoms with Gasteiger partial charge in [0.1, 0.15) is 39.2 Å². The van der Waals surface area contributed by atoms with Gasteiger partial charge in [-0.05, 0) is 57.5 Å². The molecular weight excluding hydrogens is 438 g/mol. The minimum absolute atomic E-state index is 0.409. The first kappa shape index (κ1) is 25.1. The van der Waals surface area contributed by atoms with E-state index in [1.807, 2.05) is 6.08 Å². The zero-order valence-corrected chi connectivity index (χ0v) is 22.9. The molecule has 5 rings (SSSR count). The maximum absolute atomic E-state index is 4.07. The van der Waals surface area contributed by atoms with Crippen molar-refractivity contribution >= 4 is 72.1 Å². The van der Waals surface area contributed by atoms with Crippen LogP contribution in [0, 0.1) is 0 Å². The van der Waals surface area contributed by atoms with E-state index in [2.05, 4.69) is 144 Å². The lowest BCUT2D eigenvalue weighted by atomic mass is 9.59. The highest BCUT2D eigenvalue weighted by Crippen LogP contribution is 2.57. The molecule has 0 aliphatic heterocycles. The van der Waals surface area contributed by atoms with E-state index < -0.39 is 5.41 Å². The molecule has 0 unspecified atom stereocenters. The molecule has 0 N–H and O–H groups in total. The molecule has 0 saturated heterocycles. The van der Waals surface area contributed by atoms with Crippen molar-refractivity contribution in [3.05, 3.63) is 131 Å². The molecule has 1 aliphatic carbocycles. The van der Waals surface area contributed by atoms with Crippen LogP contribution in [0.5, 0.6) is 0 Å². The fourth-order valence-corrected chi connectivity index (χ4v) is 6.50. The highest BCUT2D eigenvalue weighted by molar-refractivity contribution is 6.68. The molecule has 0 spiro atoms. The highest BCUT2D eigenvalue weighted by atomic mass is 14.5. The Kier molecular flexibility index (Phi) is 6.58. The van der Waals surface area contributed by atoms with Gasteiger partial charge in [-0.3, -0.25) is 0 Å². The summed E-state index contributed by atoms with van der Waals surface area (Å²) in [7, 11) is 11.3. The van der Waals surface area contributed by atoms with Crippen LogP contribution in [0.4, 0.5) is 0 Å². The predicted octanol–water partition coefficient (Wildman–Crippen LogP) is -0.491. The lowest BCUT2D eigenvalue weighted by Crippen LogP contribution is -2.55. The predicted molar refractivity (Wildman–Crippen MR) is 177 cm³/mol. The third kappa shape index (κ3) is 3.67. The van der Waals surface area contributed by atoms with E-state index in [4.69, 9.17) is 0 Å². The van der Waals surface area contributed by atoms with Crippen LogP contribution in [-0.4, -0.2) is 39.2 Å². The second kappa shape index (κ2) is 9.71. The van der Waals surface area contributed by atoms with Gasteiger partial charge >= 0.3 is 0 Å².